The quantitative estimate of drug-likeness (QED) is 0.673. The largest absolute Gasteiger partial charge is 0.478 e. The number of nitrogens with one attached hydrogen (secondary N) is 1. The summed E-state index contributed by atoms with van der Waals surface area (Å²) in [5.74, 6) is -0.371. The van der Waals surface area contributed by atoms with Crippen LogP contribution >= 0.6 is 0 Å². The third-order valence-corrected chi connectivity index (χ3v) is 1.87. The van der Waals surface area contributed by atoms with Crippen LogP contribution in [0.4, 0.5) is 5.82 Å². The maximum Gasteiger partial charge on any atom is 0.339 e. The van der Waals surface area contributed by atoms with Crippen LogP contribution in [0.25, 0.3) is 11.5 Å². The monoisotopic (exact) mass is 192 g/mol. The minimum atomic E-state index is -1.06. The van der Waals surface area contributed by atoms with Gasteiger partial charge in [0, 0.05) is 0 Å². The van der Waals surface area contributed by atoms with Crippen LogP contribution in [0.15, 0.2) is 28.9 Å². The van der Waals surface area contributed by atoms with E-state index in [1.807, 2.05) is 0 Å². The number of furan rings is 1. The molecule has 0 radical (unpaired) electrons. The fourth-order valence-corrected chi connectivity index (χ4v) is 1.21. The van der Waals surface area contributed by atoms with Crippen molar-refractivity contribution in [2.24, 2.45) is 0 Å². The van der Waals surface area contributed by atoms with Gasteiger partial charge in [0.05, 0.1) is 12.0 Å². The fourth-order valence-electron chi connectivity index (χ4n) is 1.21. The number of carbonyl (C=O) groups is 1. The third kappa shape index (κ3) is 1.24. The number of hydrogen-bond donors (Lipinski definition) is 3. The summed E-state index contributed by atoms with van der Waals surface area (Å²) in [4.78, 5) is 13.4. The van der Waals surface area contributed by atoms with Gasteiger partial charge in [0.2, 0.25) is 0 Å². The highest BCUT2D eigenvalue weighted by molar-refractivity contribution is 5.94. The van der Waals surface area contributed by atoms with Crippen LogP contribution in [0.2, 0.25) is 0 Å². The summed E-state index contributed by atoms with van der Waals surface area (Å²) in [5, 5.41) is 8.75. The normalized spacial score (nSPS) is 10.3. The third-order valence-electron chi connectivity index (χ3n) is 1.87. The van der Waals surface area contributed by atoms with Gasteiger partial charge in [-0.2, -0.15) is 0 Å². The van der Waals surface area contributed by atoms with E-state index in [2.05, 4.69) is 4.98 Å². The molecule has 2 aromatic rings. The lowest BCUT2D eigenvalue weighted by molar-refractivity contribution is 0.0698. The first-order valence-electron chi connectivity index (χ1n) is 3.94. The van der Waals surface area contributed by atoms with E-state index in [4.69, 9.17) is 15.3 Å². The van der Waals surface area contributed by atoms with E-state index in [0.29, 0.717) is 11.5 Å². The van der Waals surface area contributed by atoms with E-state index >= 15 is 0 Å². The number of aromatic amines is 1. The van der Waals surface area contributed by atoms with Crippen molar-refractivity contribution in [2.45, 2.75) is 0 Å². The van der Waals surface area contributed by atoms with E-state index in [1.165, 1.54) is 12.3 Å². The number of aromatic nitrogens is 1. The summed E-state index contributed by atoms with van der Waals surface area (Å²) in [7, 11) is 0. The highest BCUT2D eigenvalue weighted by Crippen LogP contribution is 2.23. The Hall–Kier alpha value is -2.17. The van der Waals surface area contributed by atoms with Gasteiger partial charge in [-0.25, -0.2) is 4.79 Å². The van der Waals surface area contributed by atoms with Gasteiger partial charge in [-0.15, -0.1) is 0 Å². The van der Waals surface area contributed by atoms with Gasteiger partial charge >= 0.3 is 5.97 Å². The van der Waals surface area contributed by atoms with Gasteiger partial charge in [-0.3, -0.25) is 0 Å². The molecule has 0 saturated carbocycles. The molecule has 0 aromatic carbocycles. The number of carboxylic acid groups (broad SMARTS) is 1. The molecule has 0 aliphatic carbocycles. The molecular weight excluding hydrogens is 184 g/mol. The van der Waals surface area contributed by atoms with Crippen molar-refractivity contribution in [1.82, 2.24) is 4.98 Å². The molecule has 0 amide bonds. The van der Waals surface area contributed by atoms with Crippen molar-refractivity contribution in [3.05, 3.63) is 30.0 Å². The second-order valence-corrected chi connectivity index (χ2v) is 2.79. The zero-order valence-corrected chi connectivity index (χ0v) is 7.15. The molecule has 0 aliphatic rings. The van der Waals surface area contributed by atoms with E-state index in [-0.39, 0.29) is 11.4 Å². The van der Waals surface area contributed by atoms with E-state index in [1.54, 1.807) is 12.1 Å². The Morgan fingerprint density at radius 2 is 2.36 bits per heavy atom. The van der Waals surface area contributed by atoms with Crippen LogP contribution in [-0.2, 0) is 0 Å². The van der Waals surface area contributed by atoms with Crippen molar-refractivity contribution in [2.75, 3.05) is 5.73 Å². The van der Waals surface area contributed by atoms with Gasteiger partial charge in [0.1, 0.15) is 17.1 Å². The Morgan fingerprint density at radius 3 is 2.86 bits per heavy atom. The van der Waals surface area contributed by atoms with Crippen LogP contribution in [0, 0.1) is 0 Å². The number of nitrogen functional groups attached to an aromatic ring is 1. The lowest BCUT2D eigenvalue weighted by atomic mass is 10.2. The number of carboxylic acids is 1. The molecule has 5 nitrogen and oxygen atoms in total. The Labute approximate surface area is 79.2 Å². The van der Waals surface area contributed by atoms with Crippen LogP contribution in [0.1, 0.15) is 10.4 Å². The predicted molar refractivity (Wildman–Crippen MR) is 49.9 cm³/mol. The number of aromatic carboxylic acids is 1. The topological polar surface area (TPSA) is 92.3 Å². The predicted octanol–water partition coefficient (Wildman–Crippen LogP) is 1.56. The number of H-pyrrole nitrogens is 1. The molecule has 0 bridgehead atoms. The Balaban J connectivity index is 2.48. The lowest BCUT2D eigenvalue weighted by Gasteiger charge is -1.88. The Kier molecular flexibility index (Phi) is 1.78. The average Bonchev–Trinajstić information content (AvgIpc) is 2.70. The molecule has 0 atom stereocenters. The first-order chi connectivity index (χ1) is 6.68. The van der Waals surface area contributed by atoms with Gasteiger partial charge in [0.15, 0.2) is 0 Å². The highest BCUT2D eigenvalue weighted by Gasteiger charge is 2.13. The maximum atomic E-state index is 10.7. The summed E-state index contributed by atoms with van der Waals surface area (Å²) in [6, 6.07) is 4.88. The summed E-state index contributed by atoms with van der Waals surface area (Å²) < 4.78 is 5.09. The smallest absolute Gasteiger partial charge is 0.339 e. The van der Waals surface area contributed by atoms with Crippen molar-refractivity contribution in [3.63, 3.8) is 0 Å². The van der Waals surface area contributed by atoms with E-state index in [9.17, 15) is 4.79 Å². The number of anilines is 1. The summed E-state index contributed by atoms with van der Waals surface area (Å²) in [5.41, 5.74) is 6.08. The molecule has 4 N–H and O–H groups in total. The van der Waals surface area contributed by atoms with Gasteiger partial charge < -0.3 is 20.2 Å². The first kappa shape index (κ1) is 8.43. The molecule has 14 heavy (non-hydrogen) atoms. The van der Waals surface area contributed by atoms with E-state index < -0.39 is 5.97 Å². The van der Waals surface area contributed by atoms with Crippen molar-refractivity contribution >= 4 is 11.8 Å². The zero-order valence-electron chi connectivity index (χ0n) is 7.15. The van der Waals surface area contributed by atoms with Gasteiger partial charge in [-0.1, -0.05) is 0 Å². The van der Waals surface area contributed by atoms with Crippen LogP contribution < -0.4 is 5.73 Å². The molecule has 0 saturated heterocycles. The molecule has 2 aromatic heterocycles. The van der Waals surface area contributed by atoms with Crippen LogP contribution in [-0.4, -0.2) is 16.1 Å². The minimum absolute atomic E-state index is 0.0522. The molecular formula is C9H8N2O3. The molecule has 2 rings (SSSR count). The Morgan fingerprint density at radius 1 is 1.57 bits per heavy atom. The average molecular weight is 192 g/mol. The molecule has 0 aliphatic heterocycles. The first-order valence-corrected chi connectivity index (χ1v) is 3.94. The maximum absolute atomic E-state index is 10.7. The van der Waals surface area contributed by atoms with Crippen LogP contribution in [0.3, 0.4) is 0 Å². The molecule has 5 heteroatoms. The van der Waals surface area contributed by atoms with Crippen LogP contribution in [0.5, 0.6) is 0 Å². The number of rotatable bonds is 2. The minimum Gasteiger partial charge on any atom is -0.478 e. The Bertz CT molecular complexity index is 456. The fraction of sp³-hybridized carbons (Fsp3) is 0. The van der Waals surface area contributed by atoms with E-state index in [0.717, 1.165) is 0 Å². The molecule has 0 unspecified atom stereocenters. The second-order valence-electron chi connectivity index (χ2n) is 2.79. The van der Waals surface area contributed by atoms with Gasteiger partial charge in [0.25, 0.3) is 0 Å². The highest BCUT2D eigenvalue weighted by atomic mass is 16.4. The number of nitrogens with two attached hydrogens (primary N) is 1. The molecule has 0 fully saturated rings. The lowest BCUT2D eigenvalue weighted by Crippen LogP contribution is -1.98. The molecule has 0 spiro atoms. The summed E-state index contributed by atoms with van der Waals surface area (Å²) in [6.45, 7) is 0. The second kappa shape index (κ2) is 2.95. The molecule has 2 heterocycles. The SMILES string of the molecule is Nc1[nH]c(-c2ccco2)cc1C(=O)O. The summed E-state index contributed by atoms with van der Waals surface area (Å²) in [6.07, 6.45) is 1.51. The molecule has 72 valence electrons. The van der Waals surface area contributed by atoms with Crippen molar-refractivity contribution in [3.8, 4) is 11.5 Å². The number of hydrogen-bond acceptors (Lipinski definition) is 3. The van der Waals surface area contributed by atoms with Gasteiger partial charge in [-0.05, 0) is 18.2 Å². The standard InChI is InChI=1S/C9H8N2O3/c10-8-5(9(12)13)4-6(11-8)7-2-1-3-14-7/h1-4,11H,10H2,(H,12,13). The van der Waals surface area contributed by atoms with Crippen molar-refractivity contribution < 1.29 is 14.3 Å². The van der Waals surface area contributed by atoms with Crippen molar-refractivity contribution in [1.29, 1.82) is 0 Å². The zero-order chi connectivity index (χ0) is 10.1. The summed E-state index contributed by atoms with van der Waals surface area (Å²) >= 11 is 0.